The molecule has 0 heterocycles. The maximum atomic E-state index is 2.38. The Balaban J connectivity index is 2.12. The highest BCUT2D eigenvalue weighted by molar-refractivity contribution is 6.55. The molecule has 0 fully saturated rings. The van der Waals surface area contributed by atoms with E-state index in [4.69, 9.17) is 0 Å². The summed E-state index contributed by atoms with van der Waals surface area (Å²) in [6.45, 7) is 18.2. The Labute approximate surface area is 168 Å². The van der Waals surface area contributed by atoms with Crippen molar-refractivity contribution in [3.8, 4) is 0 Å². The molecule has 1 aliphatic carbocycles. The quantitative estimate of drug-likeness (QED) is 0.553. The second kappa shape index (κ2) is 7.64. The fourth-order valence-electron chi connectivity index (χ4n) is 4.64. The Morgan fingerprint density at radius 1 is 0.667 bits per heavy atom. The number of allylic oxidation sites excluding steroid dienone is 4. The van der Waals surface area contributed by atoms with Gasteiger partial charge in [-0.1, -0.05) is 69.4 Å². The topological polar surface area (TPSA) is 0 Å². The molecule has 0 bridgehead atoms. The van der Waals surface area contributed by atoms with Crippen LogP contribution in [0.15, 0.2) is 58.7 Å². The smallest absolute Gasteiger partial charge is 0.0630 e. The van der Waals surface area contributed by atoms with Crippen molar-refractivity contribution in [1.29, 1.82) is 0 Å². The molecule has 27 heavy (non-hydrogen) atoms. The molecule has 0 aliphatic heterocycles. The van der Waals surface area contributed by atoms with Crippen LogP contribution in [0, 0.1) is 33.6 Å². The van der Waals surface area contributed by atoms with E-state index in [1.54, 1.807) is 11.1 Å². The molecule has 0 N–H and O–H groups in total. The number of hydrogen-bond acceptors (Lipinski definition) is 0. The molecule has 2 radical (unpaired) electrons. The summed E-state index contributed by atoms with van der Waals surface area (Å²) in [6.07, 6.45) is 0. The lowest BCUT2D eigenvalue weighted by molar-refractivity contribution is 0.684. The Morgan fingerprint density at radius 3 is 1.74 bits per heavy atom. The number of hydrogen-bond donors (Lipinski definition) is 0. The molecule has 0 amide bonds. The van der Waals surface area contributed by atoms with Crippen molar-refractivity contribution in [3.63, 3.8) is 0 Å². The SMILES string of the molecule is CC1=C(C)C(C([Si]c2cc(C)cc(C)c2)c2ccc(C)cc2C)C(C)=C1C. The minimum absolute atomic E-state index is 0.513. The zero-order valence-electron chi connectivity index (χ0n) is 18.1. The summed E-state index contributed by atoms with van der Waals surface area (Å²) in [5, 5.41) is 1.49. The van der Waals surface area contributed by atoms with Gasteiger partial charge >= 0.3 is 0 Å². The number of aryl methyl sites for hydroxylation is 4. The van der Waals surface area contributed by atoms with Crippen molar-refractivity contribution in [1.82, 2.24) is 0 Å². The molecular formula is C26H32Si. The third kappa shape index (κ3) is 3.89. The van der Waals surface area contributed by atoms with Gasteiger partial charge in [0.1, 0.15) is 0 Å². The van der Waals surface area contributed by atoms with Crippen LogP contribution in [0.5, 0.6) is 0 Å². The molecule has 140 valence electrons. The minimum Gasteiger partial charge on any atom is -0.0630 e. The predicted octanol–water partition coefficient (Wildman–Crippen LogP) is 6.29. The molecular weight excluding hydrogens is 340 g/mol. The van der Waals surface area contributed by atoms with E-state index in [-0.39, 0.29) is 0 Å². The third-order valence-corrected chi connectivity index (χ3v) is 7.89. The van der Waals surface area contributed by atoms with Crippen LogP contribution in [0.3, 0.4) is 0 Å². The zero-order chi connectivity index (χ0) is 19.9. The van der Waals surface area contributed by atoms with Crippen molar-refractivity contribution >= 4 is 14.7 Å². The molecule has 0 saturated heterocycles. The highest BCUT2D eigenvalue weighted by Crippen LogP contribution is 2.44. The largest absolute Gasteiger partial charge is 0.0901 e. The van der Waals surface area contributed by atoms with Crippen molar-refractivity contribution in [2.24, 2.45) is 5.92 Å². The molecule has 3 rings (SSSR count). The van der Waals surface area contributed by atoms with Crippen molar-refractivity contribution in [3.05, 3.63) is 86.5 Å². The molecule has 1 atom stereocenters. The Bertz CT molecular complexity index is 898. The summed E-state index contributed by atoms with van der Waals surface area (Å²) >= 11 is 0. The van der Waals surface area contributed by atoms with Crippen LogP contribution in [0.4, 0.5) is 0 Å². The van der Waals surface area contributed by atoms with Crippen LogP contribution >= 0.6 is 0 Å². The van der Waals surface area contributed by atoms with Gasteiger partial charge in [0.2, 0.25) is 0 Å². The average Bonchev–Trinajstić information content (AvgIpc) is 2.76. The summed E-state index contributed by atoms with van der Waals surface area (Å²) in [6, 6.07) is 14.1. The molecule has 0 saturated carbocycles. The average molecular weight is 373 g/mol. The first-order chi connectivity index (χ1) is 12.7. The minimum atomic E-state index is 0.513. The van der Waals surface area contributed by atoms with E-state index in [1.165, 1.54) is 44.2 Å². The van der Waals surface area contributed by atoms with Gasteiger partial charge in [0.15, 0.2) is 0 Å². The highest BCUT2D eigenvalue weighted by atomic mass is 28.2. The molecule has 0 aromatic heterocycles. The summed E-state index contributed by atoms with van der Waals surface area (Å²) in [4.78, 5) is 0. The maximum Gasteiger partial charge on any atom is 0.0901 e. The zero-order valence-corrected chi connectivity index (χ0v) is 19.1. The van der Waals surface area contributed by atoms with Crippen LogP contribution < -0.4 is 5.19 Å². The van der Waals surface area contributed by atoms with Gasteiger partial charge in [-0.15, -0.1) is 0 Å². The Morgan fingerprint density at radius 2 is 1.22 bits per heavy atom. The van der Waals surface area contributed by atoms with E-state index in [0.29, 0.717) is 11.5 Å². The lowest BCUT2D eigenvalue weighted by atomic mass is 9.87. The van der Waals surface area contributed by atoms with Gasteiger partial charge in [-0.05, 0) is 83.2 Å². The highest BCUT2D eigenvalue weighted by Gasteiger charge is 2.33. The molecule has 2 aromatic rings. The third-order valence-electron chi connectivity index (χ3n) is 6.32. The first-order valence-electron chi connectivity index (χ1n) is 9.96. The maximum absolute atomic E-state index is 2.38. The number of rotatable bonds is 4. The molecule has 0 nitrogen and oxygen atoms in total. The van der Waals surface area contributed by atoms with Crippen LogP contribution in [0.2, 0.25) is 0 Å². The van der Waals surface area contributed by atoms with Gasteiger partial charge in [0, 0.05) is 5.92 Å². The van der Waals surface area contributed by atoms with Crippen molar-refractivity contribution < 1.29 is 0 Å². The predicted molar refractivity (Wildman–Crippen MR) is 120 cm³/mol. The van der Waals surface area contributed by atoms with Crippen molar-refractivity contribution in [2.45, 2.75) is 60.9 Å². The monoisotopic (exact) mass is 372 g/mol. The summed E-state index contributed by atoms with van der Waals surface area (Å²) in [5.41, 5.74) is 13.7. The number of benzene rings is 2. The normalized spacial score (nSPS) is 16.4. The lowest BCUT2D eigenvalue weighted by Crippen LogP contribution is -2.29. The Kier molecular flexibility index (Phi) is 5.62. The Hall–Kier alpha value is -1.86. The van der Waals surface area contributed by atoms with Crippen LogP contribution in [0.1, 0.15) is 61.1 Å². The molecule has 1 unspecified atom stereocenters. The standard InChI is InChI=1S/C26H32Si/c1-15-9-10-24(18(4)12-15)26(25-21(7)19(5)20(6)22(25)8)27-23-13-16(2)11-17(3)14-23/h9-14,25-26H,1-8H3. The summed E-state index contributed by atoms with van der Waals surface area (Å²) in [5.74, 6) is 0.519. The molecule has 2 aromatic carbocycles. The second-order valence-corrected chi connectivity index (χ2v) is 9.94. The second-order valence-electron chi connectivity index (χ2n) is 8.45. The molecule has 1 aliphatic rings. The lowest BCUT2D eigenvalue weighted by Gasteiger charge is -2.29. The van der Waals surface area contributed by atoms with Gasteiger partial charge in [-0.3, -0.25) is 0 Å². The van der Waals surface area contributed by atoms with Crippen LogP contribution in [-0.4, -0.2) is 9.52 Å². The first kappa shape index (κ1) is 19.9. The summed E-state index contributed by atoms with van der Waals surface area (Å²) < 4.78 is 0. The summed E-state index contributed by atoms with van der Waals surface area (Å²) in [7, 11) is 0.776. The van der Waals surface area contributed by atoms with Crippen LogP contribution in [0.25, 0.3) is 0 Å². The first-order valence-corrected chi connectivity index (χ1v) is 11.0. The van der Waals surface area contributed by atoms with Gasteiger partial charge in [0.25, 0.3) is 0 Å². The van der Waals surface area contributed by atoms with Gasteiger partial charge < -0.3 is 0 Å². The van der Waals surface area contributed by atoms with E-state index in [0.717, 1.165) is 9.52 Å². The van der Waals surface area contributed by atoms with Gasteiger partial charge in [-0.25, -0.2) is 0 Å². The van der Waals surface area contributed by atoms with E-state index in [9.17, 15) is 0 Å². The fraction of sp³-hybridized carbons (Fsp3) is 0.385. The van der Waals surface area contributed by atoms with E-state index < -0.39 is 0 Å². The van der Waals surface area contributed by atoms with Crippen LogP contribution in [-0.2, 0) is 0 Å². The molecule has 1 heteroatoms. The van der Waals surface area contributed by atoms with Gasteiger partial charge in [0.05, 0.1) is 9.52 Å². The van der Waals surface area contributed by atoms with Gasteiger partial charge in [-0.2, -0.15) is 0 Å². The van der Waals surface area contributed by atoms with E-state index in [1.807, 2.05) is 0 Å². The molecule has 0 spiro atoms. The van der Waals surface area contributed by atoms with E-state index >= 15 is 0 Å². The van der Waals surface area contributed by atoms with Crippen molar-refractivity contribution in [2.75, 3.05) is 0 Å². The van der Waals surface area contributed by atoms with E-state index in [2.05, 4.69) is 91.8 Å². The fourth-order valence-corrected chi connectivity index (χ4v) is 6.76.